The van der Waals surface area contributed by atoms with Crippen molar-refractivity contribution < 1.29 is 19.1 Å². The molecule has 0 aromatic heterocycles. The van der Waals surface area contributed by atoms with Gasteiger partial charge in [-0.15, -0.1) is 0 Å². The molecule has 27 heavy (non-hydrogen) atoms. The lowest BCUT2D eigenvalue weighted by atomic mass is 9.51. The highest BCUT2D eigenvalue weighted by Gasteiger charge is 2.76. The summed E-state index contributed by atoms with van der Waals surface area (Å²) in [5, 5.41) is 3.61. The Morgan fingerprint density at radius 2 is 2.22 bits per heavy atom. The molecule has 3 aliphatic heterocycles. The van der Waals surface area contributed by atoms with Crippen molar-refractivity contribution in [3.8, 4) is 0 Å². The van der Waals surface area contributed by atoms with Gasteiger partial charge in [0, 0.05) is 12.2 Å². The minimum Gasteiger partial charge on any atom is -0.469 e. The van der Waals surface area contributed by atoms with Crippen LogP contribution in [0.3, 0.4) is 0 Å². The van der Waals surface area contributed by atoms with Crippen LogP contribution < -0.4 is 5.32 Å². The molecule has 6 nitrogen and oxygen atoms in total. The second-order valence-corrected chi connectivity index (χ2v) is 7.98. The van der Waals surface area contributed by atoms with Crippen molar-refractivity contribution in [1.82, 2.24) is 4.90 Å². The topological polar surface area (TPSA) is 67.9 Å². The van der Waals surface area contributed by atoms with Gasteiger partial charge in [-0.3, -0.25) is 9.59 Å². The van der Waals surface area contributed by atoms with E-state index in [0.29, 0.717) is 19.6 Å². The maximum atomic E-state index is 13.2. The molecule has 1 aliphatic carbocycles. The lowest BCUT2D eigenvalue weighted by Crippen LogP contribution is -2.73. The number of para-hydroxylation sites is 1. The standard InChI is InChI=1S/C21H24N2O4/c1-3-13-11-23(12-24)17-10-14(13)18(19(25)26-2)20-8-9-27-21(17,20)22-16-7-5-4-6-15(16)20/h3-7,12,14,17-18,22H,8-11H2,1-2H3/b13-3-/t14-,17+,18?,20+,21+/m1/s1. The molecule has 2 bridgehead atoms. The number of piperidine rings is 1. The summed E-state index contributed by atoms with van der Waals surface area (Å²) in [6.07, 6.45) is 4.41. The van der Waals surface area contributed by atoms with E-state index in [-0.39, 0.29) is 23.8 Å². The Morgan fingerprint density at radius 1 is 1.41 bits per heavy atom. The molecule has 142 valence electrons. The number of methoxy groups -OCH3 is 1. The van der Waals surface area contributed by atoms with E-state index in [0.717, 1.165) is 29.7 Å². The summed E-state index contributed by atoms with van der Waals surface area (Å²) in [4.78, 5) is 27.0. The normalized spacial score (nSPS) is 40.0. The fraction of sp³-hybridized carbons (Fsp3) is 0.524. The summed E-state index contributed by atoms with van der Waals surface area (Å²) >= 11 is 0. The average Bonchev–Trinajstić information content (AvgIpc) is 3.21. The fourth-order valence-corrected chi connectivity index (χ4v) is 6.35. The highest BCUT2D eigenvalue weighted by Crippen LogP contribution is 2.66. The Hall–Kier alpha value is -2.34. The van der Waals surface area contributed by atoms with Crippen LogP contribution in [0.4, 0.5) is 5.69 Å². The van der Waals surface area contributed by atoms with Crippen LogP contribution in [0.2, 0.25) is 0 Å². The maximum Gasteiger partial charge on any atom is 0.310 e. The summed E-state index contributed by atoms with van der Waals surface area (Å²) in [6.45, 7) is 3.07. The molecule has 4 aliphatic rings. The van der Waals surface area contributed by atoms with Crippen molar-refractivity contribution >= 4 is 18.1 Å². The van der Waals surface area contributed by atoms with Gasteiger partial charge in [0.2, 0.25) is 6.41 Å². The second kappa shape index (κ2) is 5.58. The number of ether oxygens (including phenoxy) is 2. The molecule has 1 saturated carbocycles. The van der Waals surface area contributed by atoms with Crippen LogP contribution in [-0.2, 0) is 24.5 Å². The number of benzene rings is 1. The smallest absolute Gasteiger partial charge is 0.310 e. The van der Waals surface area contributed by atoms with E-state index in [1.165, 1.54) is 7.11 Å². The first-order valence-electron chi connectivity index (χ1n) is 9.58. The molecule has 3 fully saturated rings. The zero-order valence-electron chi connectivity index (χ0n) is 15.6. The Labute approximate surface area is 158 Å². The summed E-state index contributed by atoms with van der Waals surface area (Å²) in [6, 6.07) is 8.00. The van der Waals surface area contributed by atoms with Gasteiger partial charge in [0.05, 0.1) is 31.1 Å². The molecule has 0 spiro atoms. The number of nitrogens with one attached hydrogen (secondary N) is 1. The minimum absolute atomic E-state index is 0.0476. The third-order valence-corrected chi connectivity index (χ3v) is 7.30. The first-order chi connectivity index (χ1) is 13.1. The number of hydrogen-bond acceptors (Lipinski definition) is 5. The lowest BCUT2D eigenvalue weighted by molar-refractivity contribution is -0.172. The molecule has 1 aromatic rings. The van der Waals surface area contributed by atoms with E-state index in [1.807, 2.05) is 30.0 Å². The van der Waals surface area contributed by atoms with Crippen LogP contribution in [0, 0.1) is 11.8 Å². The molecule has 1 amide bonds. The van der Waals surface area contributed by atoms with Gasteiger partial charge < -0.3 is 19.7 Å². The molecule has 1 aromatic carbocycles. The van der Waals surface area contributed by atoms with E-state index < -0.39 is 11.1 Å². The number of likely N-dealkylation sites (tertiary alicyclic amines) is 1. The van der Waals surface area contributed by atoms with E-state index in [9.17, 15) is 9.59 Å². The van der Waals surface area contributed by atoms with Gasteiger partial charge in [-0.1, -0.05) is 29.8 Å². The summed E-state index contributed by atoms with van der Waals surface area (Å²) in [5.74, 6) is -0.477. The predicted octanol–water partition coefficient (Wildman–Crippen LogP) is 2.06. The van der Waals surface area contributed by atoms with Crippen LogP contribution in [0.25, 0.3) is 0 Å². The Bertz CT molecular complexity index is 852. The van der Waals surface area contributed by atoms with E-state index >= 15 is 0 Å². The SMILES string of the molecule is C/C=C1/CN(C=O)[C@H]2C[C@H]1C(C(=O)OC)[C@@]13CCO[C@@]21Nc1ccccc13. The molecule has 1 unspecified atom stereocenters. The van der Waals surface area contributed by atoms with Crippen molar-refractivity contribution in [3.63, 3.8) is 0 Å². The Balaban J connectivity index is 1.80. The van der Waals surface area contributed by atoms with Crippen LogP contribution in [-0.4, -0.2) is 49.3 Å². The molecule has 6 heteroatoms. The Morgan fingerprint density at radius 3 is 2.96 bits per heavy atom. The molecular weight excluding hydrogens is 344 g/mol. The number of fused-ring (bicyclic) bond motifs is 3. The van der Waals surface area contributed by atoms with Crippen molar-refractivity contribution in [2.75, 3.05) is 25.6 Å². The number of anilines is 1. The highest BCUT2D eigenvalue weighted by atomic mass is 16.5. The number of esters is 1. The summed E-state index contributed by atoms with van der Waals surface area (Å²) in [7, 11) is 1.46. The molecule has 5 atom stereocenters. The third-order valence-electron chi connectivity index (χ3n) is 7.30. The zero-order valence-corrected chi connectivity index (χ0v) is 15.6. The number of rotatable bonds is 2. The fourth-order valence-electron chi connectivity index (χ4n) is 6.35. The van der Waals surface area contributed by atoms with Crippen molar-refractivity contribution in [2.45, 2.75) is 36.9 Å². The van der Waals surface area contributed by atoms with E-state index in [1.54, 1.807) is 0 Å². The molecular formula is C21H24N2O4. The molecule has 2 saturated heterocycles. The van der Waals surface area contributed by atoms with Crippen molar-refractivity contribution in [1.29, 1.82) is 0 Å². The number of carbonyl (C=O) groups excluding carboxylic acids is 2. The van der Waals surface area contributed by atoms with Gasteiger partial charge in [0.1, 0.15) is 0 Å². The number of carbonyl (C=O) groups is 2. The lowest BCUT2D eigenvalue weighted by Gasteiger charge is -2.59. The maximum absolute atomic E-state index is 13.2. The number of amides is 1. The predicted molar refractivity (Wildman–Crippen MR) is 99.0 cm³/mol. The molecule has 1 N–H and O–H groups in total. The largest absolute Gasteiger partial charge is 0.469 e. The molecule has 0 radical (unpaired) electrons. The Kier molecular flexibility index (Phi) is 3.47. The number of nitrogens with zero attached hydrogens (tertiary/aromatic N) is 1. The molecule has 3 heterocycles. The van der Waals surface area contributed by atoms with Crippen LogP contribution in [0.15, 0.2) is 35.9 Å². The van der Waals surface area contributed by atoms with E-state index in [2.05, 4.69) is 17.5 Å². The van der Waals surface area contributed by atoms with Crippen LogP contribution >= 0.6 is 0 Å². The van der Waals surface area contributed by atoms with Gasteiger partial charge in [-0.25, -0.2) is 0 Å². The van der Waals surface area contributed by atoms with E-state index in [4.69, 9.17) is 9.47 Å². The van der Waals surface area contributed by atoms with Gasteiger partial charge in [-0.2, -0.15) is 0 Å². The quantitative estimate of drug-likeness (QED) is 0.492. The van der Waals surface area contributed by atoms with Crippen molar-refractivity contribution in [3.05, 3.63) is 41.5 Å². The van der Waals surface area contributed by atoms with Gasteiger partial charge in [-0.05, 0) is 37.3 Å². The molecule has 5 rings (SSSR count). The van der Waals surface area contributed by atoms with Crippen molar-refractivity contribution in [2.24, 2.45) is 11.8 Å². The van der Waals surface area contributed by atoms with Gasteiger partial charge in [0.15, 0.2) is 5.72 Å². The summed E-state index contributed by atoms with van der Waals surface area (Å²) in [5.41, 5.74) is 1.90. The first kappa shape index (κ1) is 16.8. The first-order valence-corrected chi connectivity index (χ1v) is 9.58. The van der Waals surface area contributed by atoms with Crippen LogP contribution in [0.5, 0.6) is 0 Å². The number of allylic oxidation sites excluding steroid dienone is 1. The zero-order chi connectivity index (χ0) is 18.8. The summed E-state index contributed by atoms with van der Waals surface area (Å²) < 4.78 is 11.7. The average molecular weight is 368 g/mol. The third kappa shape index (κ3) is 1.79. The minimum atomic E-state index is -0.785. The van der Waals surface area contributed by atoms with Crippen LogP contribution in [0.1, 0.15) is 25.3 Å². The monoisotopic (exact) mass is 368 g/mol. The highest BCUT2D eigenvalue weighted by molar-refractivity contribution is 5.81. The second-order valence-electron chi connectivity index (χ2n) is 7.98. The van der Waals surface area contributed by atoms with Gasteiger partial charge >= 0.3 is 5.97 Å². The number of hydrogen-bond donors (Lipinski definition) is 1. The van der Waals surface area contributed by atoms with Gasteiger partial charge in [0.25, 0.3) is 0 Å².